The maximum Gasteiger partial charge on any atom is 0.0756 e. The second-order valence-corrected chi connectivity index (χ2v) is 2.76. The van der Waals surface area contributed by atoms with Gasteiger partial charge in [0.05, 0.1) is 12.0 Å². The minimum absolute atomic E-state index is 0.105. The zero-order valence-corrected chi connectivity index (χ0v) is 9.02. The van der Waals surface area contributed by atoms with Gasteiger partial charge in [-0.3, -0.25) is 0 Å². The van der Waals surface area contributed by atoms with Crippen LogP contribution in [0.2, 0.25) is 0 Å². The van der Waals surface area contributed by atoms with Gasteiger partial charge in [-0.15, -0.1) is 11.6 Å². The molecule has 0 rings (SSSR count). The highest BCUT2D eigenvalue weighted by atomic mass is 35.5. The minimum atomic E-state index is -0.396. The third-order valence-corrected chi connectivity index (χ3v) is 1.36. The van der Waals surface area contributed by atoms with E-state index in [2.05, 4.69) is 47.4 Å². The van der Waals surface area contributed by atoms with Crippen LogP contribution in [0.1, 0.15) is 6.92 Å². The molecule has 0 aliphatic rings. The molecule has 0 aromatic rings. The first-order chi connectivity index (χ1) is 7.31. The zero-order valence-electron chi connectivity index (χ0n) is 8.26. The van der Waals surface area contributed by atoms with Crippen molar-refractivity contribution in [2.75, 3.05) is 6.61 Å². The second-order valence-electron chi connectivity index (χ2n) is 2.20. The minimum Gasteiger partial charge on any atom is -0.395 e. The summed E-state index contributed by atoms with van der Waals surface area (Å²) in [4.78, 5) is 0. The van der Waals surface area contributed by atoms with Gasteiger partial charge in [0.1, 0.15) is 0 Å². The summed E-state index contributed by atoms with van der Waals surface area (Å²) in [7, 11) is 0. The molecule has 0 aromatic heterocycles. The monoisotopic (exact) mass is 216 g/mol. The molecule has 15 heavy (non-hydrogen) atoms. The third-order valence-electron chi connectivity index (χ3n) is 1.07. The molecule has 1 atom stereocenters. The molecule has 74 valence electrons. The molecule has 2 heteroatoms. The van der Waals surface area contributed by atoms with Crippen LogP contribution in [0.3, 0.4) is 0 Å². The number of hydrogen-bond acceptors (Lipinski definition) is 1. The van der Waals surface area contributed by atoms with E-state index in [0.717, 1.165) is 0 Å². The molecule has 0 radical (unpaired) electrons. The highest BCUT2D eigenvalue weighted by Crippen LogP contribution is 1.94. The lowest BCUT2D eigenvalue weighted by Gasteiger charge is -1.92. The van der Waals surface area contributed by atoms with Gasteiger partial charge in [0.2, 0.25) is 0 Å². The van der Waals surface area contributed by atoms with E-state index in [1.165, 1.54) is 0 Å². The number of aliphatic hydroxyl groups excluding tert-OH is 1. The smallest absolute Gasteiger partial charge is 0.0756 e. The molecular formula is C13H9ClO. The van der Waals surface area contributed by atoms with Crippen LogP contribution >= 0.6 is 11.6 Å². The average molecular weight is 217 g/mol. The number of rotatable bonds is 2. The first kappa shape index (κ1) is 13.2. The Labute approximate surface area is 95.5 Å². The molecule has 0 aromatic carbocycles. The molecule has 0 heterocycles. The summed E-state index contributed by atoms with van der Waals surface area (Å²) in [5.41, 5.74) is 0. The highest BCUT2D eigenvalue weighted by molar-refractivity contribution is 6.21. The molecule has 1 unspecified atom stereocenters. The molecule has 0 saturated carbocycles. The van der Waals surface area contributed by atoms with Crippen molar-refractivity contribution in [3.63, 3.8) is 0 Å². The molecular weight excluding hydrogens is 208 g/mol. The molecule has 0 spiro atoms. The van der Waals surface area contributed by atoms with E-state index >= 15 is 0 Å². The summed E-state index contributed by atoms with van der Waals surface area (Å²) < 4.78 is 0. The normalized spacial score (nSPS) is 9.27. The van der Waals surface area contributed by atoms with Crippen LogP contribution < -0.4 is 0 Å². The first-order valence-electron chi connectivity index (χ1n) is 4.15. The Bertz CT molecular complexity index is 444. The van der Waals surface area contributed by atoms with Gasteiger partial charge >= 0.3 is 0 Å². The van der Waals surface area contributed by atoms with Gasteiger partial charge in [-0.2, -0.15) is 0 Å². The lowest BCUT2D eigenvalue weighted by Crippen LogP contribution is -1.98. The number of alkyl halides is 1. The van der Waals surface area contributed by atoms with E-state index in [1.807, 2.05) is 0 Å². The molecule has 1 nitrogen and oxygen atoms in total. The Morgan fingerprint density at radius 1 is 1.13 bits per heavy atom. The van der Waals surface area contributed by atoms with Crippen molar-refractivity contribution in [3.05, 3.63) is 12.2 Å². The van der Waals surface area contributed by atoms with Crippen molar-refractivity contribution in [1.29, 1.82) is 0 Å². The molecule has 0 fully saturated rings. The van der Waals surface area contributed by atoms with Gasteiger partial charge in [0.15, 0.2) is 0 Å². The van der Waals surface area contributed by atoms with E-state index in [-0.39, 0.29) is 6.61 Å². The Morgan fingerprint density at radius 3 is 2.33 bits per heavy atom. The summed E-state index contributed by atoms with van der Waals surface area (Å²) in [6.45, 7) is 1.60. The summed E-state index contributed by atoms with van der Waals surface area (Å²) in [6, 6.07) is 0. The number of halogens is 1. The van der Waals surface area contributed by atoms with E-state index in [4.69, 9.17) is 16.7 Å². The van der Waals surface area contributed by atoms with Crippen LogP contribution in [-0.4, -0.2) is 17.1 Å². The van der Waals surface area contributed by atoms with Crippen molar-refractivity contribution in [1.82, 2.24) is 0 Å². The van der Waals surface area contributed by atoms with Crippen molar-refractivity contribution in [3.8, 4) is 47.4 Å². The number of hydrogen-bond donors (Lipinski definition) is 1. The maximum atomic E-state index is 8.57. The molecule has 0 saturated heterocycles. The summed E-state index contributed by atoms with van der Waals surface area (Å²) in [6.07, 6.45) is 3.13. The first-order valence-corrected chi connectivity index (χ1v) is 4.58. The van der Waals surface area contributed by atoms with Crippen LogP contribution in [-0.2, 0) is 0 Å². The Morgan fingerprint density at radius 2 is 1.73 bits per heavy atom. The predicted octanol–water partition coefficient (Wildman–Crippen LogP) is 1.18. The van der Waals surface area contributed by atoms with Crippen molar-refractivity contribution < 1.29 is 5.11 Å². The Balaban J connectivity index is 4.05. The van der Waals surface area contributed by atoms with Gasteiger partial charge in [0, 0.05) is 0 Å². The second kappa shape index (κ2) is 10.3. The molecule has 1 N–H and O–H groups in total. The quantitative estimate of drug-likeness (QED) is 0.543. The van der Waals surface area contributed by atoms with Crippen molar-refractivity contribution in [2.24, 2.45) is 0 Å². The summed E-state index contributed by atoms with van der Waals surface area (Å²) in [5.74, 6) is 20.5. The zero-order chi connectivity index (χ0) is 11.4. The predicted molar refractivity (Wildman–Crippen MR) is 62.6 cm³/mol. The topological polar surface area (TPSA) is 20.2 Å². The summed E-state index contributed by atoms with van der Waals surface area (Å²) >= 11 is 5.58. The highest BCUT2D eigenvalue weighted by Gasteiger charge is 1.91. The lowest BCUT2D eigenvalue weighted by molar-refractivity contribution is 0.305. The van der Waals surface area contributed by atoms with Crippen LogP contribution in [0, 0.1) is 47.4 Å². The Hall–Kier alpha value is -1.77. The van der Waals surface area contributed by atoms with Crippen LogP contribution in [0.5, 0.6) is 0 Å². The summed E-state index contributed by atoms with van der Waals surface area (Å²) in [5, 5.41) is 8.17. The van der Waals surface area contributed by atoms with Gasteiger partial charge in [-0.05, 0) is 48.5 Å². The van der Waals surface area contributed by atoms with E-state index in [1.54, 1.807) is 19.1 Å². The molecule has 0 amide bonds. The van der Waals surface area contributed by atoms with Gasteiger partial charge in [-0.1, -0.05) is 17.9 Å². The van der Waals surface area contributed by atoms with E-state index in [9.17, 15) is 0 Å². The van der Waals surface area contributed by atoms with Crippen molar-refractivity contribution >= 4 is 11.6 Å². The van der Waals surface area contributed by atoms with Crippen LogP contribution in [0.25, 0.3) is 0 Å². The fourth-order valence-electron chi connectivity index (χ4n) is 0.479. The molecule has 0 bridgehead atoms. The van der Waals surface area contributed by atoms with E-state index in [0.29, 0.717) is 0 Å². The maximum absolute atomic E-state index is 8.57. The lowest BCUT2D eigenvalue weighted by atomic mass is 10.4. The standard InChI is InChI=1S/C13H9ClO/c1-2-3-4-5-6-7-8-9-10-11-13(14)12-15/h10-11,13,15H,12H2,1H3. The van der Waals surface area contributed by atoms with Gasteiger partial charge < -0.3 is 5.11 Å². The van der Waals surface area contributed by atoms with Crippen LogP contribution in [0.15, 0.2) is 12.2 Å². The average Bonchev–Trinajstić information content (AvgIpc) is 2.26. The van der Waals surface area contributed by atoms with E-state index < -0.39 is 5.38 Å². The van der Waals surface area contributed by atoms with Crippen molar-refractivity contribution in [2.45, 2.75) is 12.3 Å². The van der Waals surface area contributed by atoms with Crippen LogP contribution in [0.4, 0.5) is 0 Å². The number of allylic oxidation sites excluding steroid dienone is 1. The third kappa shape index (κ3) is 10.1. The van der Waals surface area contributed by atoms with Gasteiger partial charge in [-0.25, -0.2) is 0 Å². The number of aliphatic hydroxyl groups is 1. The SMILES string of the molecule is CC#CC#CC#CC#CC=CC(Cl)CO. The molecule has 0 aliphatic carbocycles. The van der Waals surface area contributed by atoms with Gasteiger partial charge in [0.25, 0.3) is 0 Å². The Kier molecular flexibility index (Phi) is 9.09. The largest absolute Gasteiger partial charge is 0.395 e. The molecule has 0 aliphatic heterocycles. The fourth-order valence-corrected chi connectivity index (χ4v) is 0.551. The fraction of sp³-hybridized carbons (Fsp3) is 0.231.